The third-order valence-corrected chi connectivity index (χ3v) is 3.69. The van der Waals surface area contributed by atoms with Gasteiger partial charge in [0.2, 0.25) is 0 Å². The molecule has 0 fully saturated rings. The van der Waals surface area contributed by atoms with Gasteiger partial charge in [-0.3, -0.25) is 4.79 Å². The maximum Gasteiger partial charge on any atom is 0.330 e. The Morgan fingerprint density at radius 3 is 2.38 bits per heavy atom. The number of rotatable bonds is 4. The smallest absolute Gasteiger partial charge is 0.330 e. The highest BCUT2D eigenvalue weighted by molar-refractivity contribution is 6.30. The van der Waals surface area contributed by atoms with Crippen molar-refractivity contribution in [2.75, 3.05) is 0 Å². The molecule has 0 saturated heterocycles. The van der Waals surface area contributed by atoms with E-state index >= 15 is 0 Å². The van der Waals surface area contributed by atoms with Crippen LogP contribution in [0.25, 0.3) is 11.0 Å². The molecule has 1 heterocycles. The Morgan fingerprint density at radius 2 is 1.71 bits per heavy atom. The molecule has 1 atom stereocenters. The van der Waals surface area contributed by atoms with Gasteiger partial charge in [0.1, 0.15) is 12.3 Å². The molecule has 24 heavy (non-hydrogen) atoms. The molecular formula is C18H12ClN3O2. The van der Waals surface area contributed by atoms with E-state index in [1.54, 1.807) is 18.2 Å². The van der Waals surface area contributed by atoms with Crippen LogP contribution >= 0.6 is 11.6 Å². The number of esters is 1. The summed E-state index contributed by atoms with van der Waals surface area (Å²) in [5, 5.41) is 9.39. The normalized spacial score (nSPS) is 11.7. The average molecular weight is 338 g/mol. The molecule has 0 N–H and O–H groups in total. The Hall–Kier alpha value is -2.97. The molecule has 2 aromatic carbocycles. The lowest BCUT2D eigenvalue weighted by atomic mass is 10.1. The minimum atomic E-state index is -1.22. The predicted molar refractivity (Wildman–Crippen MR) is 89.1 cm³/mol. The Kier molecular flexibility index (Phi) is 4.69. The van der Waals surface area contributed by atoms with Gasteiger partial charge in [0.05, 0.1) is 17.1 Å². The summed E-state index contributed by atoms with van der Waals surface area (Å²) in [5.74, 6) is -1.92. The van der Waals surface area contributed by atoms with E-state index in [2.05, 4.69) is 9.97 Å². The van der Waals surface area contributed by atoms with Crippen molar-refractivity contribution >= 4 is 28.6 Å². The van der Waals surface area contributed by atoms with E-state index in [1.807, 2.05) is 42.5 Å². The van der Waals surface area contributed by atoms with Crippen LogP contribution in [0.4, 0.5) is 0 Å². The molecule has 0 aliphatic heterocycles. The third-order valence-electron chi connectivity index (χ3n) is 3.41. The first kappa shape index (κ1) is 15.9. The van der Waals surface area contributed by atoms with Crippen molar-refractivity contribution in [1.29, 1.82) is 5.26 Å². The van der Waals surface area contributed by atoms with Gasteiger partial charge in [-0.2, -0.15) is 5.26 Å². The standard InChI is InChI=1S/C18H12ClN3O2/c19-17-16(21-14-8-4-5-9-15(14)22-17)13(10-20)18(23)24-11-12-6-2-1-3-7-12/h1-9,13H,11H2/t13-/m1/s1. The maximum atomic E-state index is 12.3. The Balaban J connectivity index is 1.84. The van der Waals surface area contributed by atoms with Gasteiger partial charge in [0.25, 0.3) is 0 Å². The van der Waals surface area contributed by atoms with Gasteiger partial charge in [-0.1, -0.05) is 54.1 Å². The van der Waals surface area contributed by atoms with Crippen LogP contribution in [-0.4, -0.2) is 15.9 Å². The SMILES string of the molecule is N#C[C@@H](C(=O)OCc1ccccc1)c1nc2ccccc2nc1Cl. The number of nitrogens with zero attached hydrogens (tertiary/aromatic N) is 3. The van der Waals surface area contributed by atoms with E-state index in [0.717, 1.165) is 5.56 Å². The van der Waals surface area contributed by atoms with Crippen LogP contribution in [0.3, 0.4) is 0 Å². The summed E-state index contributed by atoms with van der Waals surface area (Å²) in [6.07, 6.45) is 0. The number of fused-ring (bicyclic) bond motifs is 1. The van der Waals surface area contributed by atoms with Gasteiger partial charge < -0.3 is 4.74 Å². The average Bonchev–Trinajstić information content (AvgIpc) is 2.62. The summed E-state index contributed by atoms with van der Waals surface area (Å²) >= 11 is 6.11. The zero-order valence-electron chi connectivity index (χ0n) is 12.5. The van der Waals surface area contributed by atoms with Crippen LogP contribution in [0.2, 0.25) is 5.15 Å². The highest BCUT2D eigenvalue weighted by Crippen LogP contribution is 2.25. The number of halogens is 1. The Morgan fingerprint density at radius 1 is 1.08 bits per heavy atom. The van der Waals surface area contributed by atoms with E-state index in [1.165, 1.54) is 0 Å². The lowest BCUT2D eigenvalue weighted by molar-refractivity contribution is -0.145. The predicted octanol–water partition coefficient (Wildman–Crippen LogP) is 3.63. The van der Waals surface area contributed by atoms with E-state index in [-0.39, 0.29) is 17.5 Å². The van der Waals surface area contributed by atoms with Crippen LogP contribution in [0.5, 0.6) is 0 Å². The second kappa shape index (κ2) is 7.07. The lowest BCUT2D eigenvalue weighted by Gasteiger charge is -2.11. The lowest BCUT2D eigenvalue weighted by Crippen LogP contribution is -2.16. The van der Waals surface area contributed by atoms with Gasteiger partial charge in [-0.15, -0.1) is 0 Å². The number of ether oxygens (including phenoxy) is 1. The summed E-state index contributed by atoms with van der Waals surface area (Å²) in [7, 11) is 0. The van der Waals surface area contributed by atoms with Crippen molar-refractivity contribution in [3.8, 4) is 6.07 Å². The summed E-state index contributed by atoms with van der Waals surface area (Å²) in [4.78, 5) is 20.8. The van der Waals surface area contributed by atoms with Crippen LogP contribution in [-0.2, 0) is 16.1 Å². The molecule has 1 aromatic heterocycles. The van der Waals surface area contributed by atoms with Crippen molar-refractivity contribution < 1.29 is 9.53 Å². The first-order valence-corrected chi connectivity index (χ1v) is 7.59. The number of nitriles is 1. The largest absolute Gasteiger partial charge is 0.460 e. The molecule has 0 aliphatic carbocycles. The first-order valence-electron chi connectivity index (χ1n) is 7.21. The van der Waals surface area contributed by atoms with E-state index in [9.17, 15) is 10.1 Å². The molecule has 0 aliphatic rings. The van der Waals surface area contributed by atoms with E-state index in [0.29, 0.717) is 11.0 Å². The summed E-state index contributed by atoms with van der Waals surface area (Å²) < 4.78 is 5.21. The fourth-order valence-corrected chi connectivity index (χ4v) is 2.46. The molecule has 3 aromatic rings. The highest BCUT2D eigenvalue weighted by Gasteiger charge is 2.27. The Labute approximate surface area is 143 Å². The van der Waals surface area contributed by atoms with Crippen LogP contribution in [0.1, 0.15) is 17.2 Å². The van der Waals surface area contributed by atoms with E-state index in [4.69, 9.17) is 16.3 Å². The number of carbonyl (C=O) groups excluding carboxylic acids is 1. The van der Waals surface area contributed by atoms with Gasteiger partial charge in [0, 0.05) is 0 Å². The fourth-order valence-electron chi connectivity index (χ4n) is 2.21. The van der Waals surface area contributed by atoms with Crippen LogP contribution in [0.15, 0.2) is 54.6 Å². The number of hydrogen-bond donors (Lipinski definition) is 0. The molecule has 6 heteroatoms. The number of benzene rings is 2. The molecule has 0 radical (unpaired) electrons. The van der Waals surface area contributed by atoms with Crippen LogP contribution < -0.4 is 0 Å². The summed E-state index contributed by atoms with van der Waals surface area (Å²) in [5.41, 5.74) is 2.10. The zero-order valence-corrected chi connectivity index (χ0v) is 13.3. The second-order valence-corrected chi connectivity index (χ2v) is 5.40. The number of para-hydroxylation sites is 2. The molecule has 5 nitrogen and oxygen atoms in total. The van der Waals surface area contributed by atoms with Gasteiger partial charge in [0.15, 0.2) is 11.1 Å². The zero-order chi connectivity index (χ0) is 16.9. The minimum Gasteiger partial charge on any atom is -0.460 e. The van der Waals surface area contributed by atoms with Crippen LogP contribution in [0, 0.1) is 11.3 Å². The van der Waals surface area contributed by atoms with Crippen molar-refractivity contribution in [2.24, 2.45) is 0 Å². The molecule has 118 valence electrons. The van der Waals surface area contributed by atoms with Gasteiger partial charge >= 0.3 is 5.97 Å². The summed E-state index contributed by atoms with van der Waals surface area (Å²) in [6.45, 7) is 0.0798. The molecular weight excluding hydrogens is 326 g/mol. The molecule has 0 saturated carbocycles. The minimum absolute atomic E-state index is 0.0249. The number of carbonyl (C=O) groups is 1. The Bertz CT molecular complexity index is 922. The van der Waals surface area contributed by atoms with Gasteiger partial charge in [-0.25, -0.2) is 9.97 Å². The topological polar surface area (TPSA) is 75.9 Å². The highest BCUT2D eigenvalue weighted by atomic mass is 35.5. The second-order valence-electron chi connectivity index (χ2n) is 5.04. The number of hydrogen-bond acceptors (Lipinski definition) is 5. The van der Waals surface area contributed by atoms with Crippen molar-refractivity contribution in [3.05, 3.63) is 71.0 Å². The van der Waals surface area contributed by atoms with Crippen molar-refractivity contribution in [2.45, 2.75) is 12.5 Å². The van der Waals surface area contributed by atoms with Crippen molar-refractivity contribution in [3.63, 3.8) is 0 Å². The van der Waals surface area contributed by atoms with Gasteiger partial charge in [-0.05, 0) is 17.7 Å². The monoisotopic (exact) mass is 337 g/mol. The molecule has 3 rings (SSSR count). The molecule has 0 amide bonds. The first-order chi connectivity index (χ1) is 11.7. The fraction of sp³-hybridized carbons (Fsp3) is 0.111. The molecule has 0 unspecified atom stereocenters. The molecule has 0 spiro atoms. The summed E-state index contributed by atoms with van der Waals surface area (Å²) in [6, 6.07) is 18.2. The van der Waals surface area contributed by atoms with E-state index < -0.39 is 11.9 Å². The maximum absolute atomic E-state index is 12.3. The molecule has 0 bridgehead atoms. The quantitative estimate of drug-likeness (QED) is 0.679. The van der Waals surface area contributed by atoms with Crippen molar-refractivity contribution in [1.82, 2.24) is 9.97 Å². The third kappa shape index (κ3) is 3.34. The number of aromatic nitrogens is 2.